The van der Waals surface area contributed by atoms with Crippen LogP contribution in [0.4, 0.5) is 0 Å². The number of aliphatic hydroxyl groups excluding tert-OH is 1. The summed E-state index contributed by atoms with van der Waals surface area (Å²) in [5.41, 5.74) is 0. The van der Waals surface area contributed by atoms with E-state index in [9.17, 15) is 9.90 Å². The van der Waals surface area contributed by atoms with Crippen LogP contribution in [0.25, 0.3) is 0 Å². The largest absolute Gasteiger partial charge is 0.393 e. The van der Waals surface area contributed by atoms with Crippen molar-refractivity contribution in [1.29, 1.82) is 0 Å². The van der Waals surface area contributed by atoms with Crippen molar-refractivity contribution in [1.82, 2.24) is 10.3 Å². The number of aliphatic hydroxyl groups is 1. The van der Waals surface area contributed by atoms with E-state index in [1.165, 1.54) is 0 Å². The van der Waals surface area contributed by atoms with Gasteiger partial charge < -0.3 is 10.4 Å². The Balaban J connectivity index is 1.60. The molecule has 1 aliphatic carbocycles. The van der Waals surface area contributed by atoms with E-state index < -0.39 is 0 Å². The lowest BCUT2D eigenvalue weighted by Crippen LogP contribution is -2.36. The van der Waals surface area contributed by atoms with Crippen LogP contribution < -0.4 is 5.32 Å². The first-order chi connectivity index (χ1) is 9.75. The molecule has 2 unspecified atom stereocenters. The molecule has 1 amide bonds. The highest BCUT2D eigenvalue weighted by molar-refractivity contribution is 7.99. The van der Waals surface area contributed by atoms with Crippen LogP contribution in [0.15, 0.2) is 29.4 Å². The van der Waals surface area contributed by atoms with Crippen LogP contribution in [0.1, 0.15) is 32.1 Å². The standard InChI is InChI=1S/C15H22N2O2S/c18-13-6-2-1-5-12(13)11-17-14(19)8-10-20-15-7-3-4-9-16-15/h3-4,7,9,12-13,18H,1-2,5-6,8,10-11H2,(H,17,19). The van der Waals surface area contributed by atoms with Gasteiger partial charge in [0.25, 0.3) is 0 Å². The molecule has 1 heterocycles. The first-order valence-electron chi connectivity index (χ1n) is 7.24. The highest BCUT2D eigenvalue weighted by Gasteiger charge is 2.23. The molecule has 110 valence electrons. The Morgan fingerprint density at radius 2 is 2.25 bits per heavy atom. The Labute approximate surface area is 124 Å². The zero-order chi connectivity index (χ0) is 14.2. The molecule has 1 saturated carbocycles. The molecule has 1 fully saturated rings. The van der Waals surface area contributed by atoms with Gasteiger partial charge >= 0.3 is 0 Å². The lowest BCUT2D eigenvalue weighted by Gasteiger charge is -2.27. The summed E-state index contributed by atoms with van der Waals surface area (Å²) in [6.45, 7) is 0.605. The van der Waals surface area contributed by atoms with Gasteiger partial charge in [-0.05, 0) is 25.0 Å². The fourth-order valence-electron chi connectivity index (χ4n) is 2.44. The Morgan fingerprint density at radius 1 is 1.40 bits per heavy atom. The maximum atomic E-state index is 11.8. The van der Waals surface area contributed by atoms with Crippen molar-refractivity contribution < 1.29 is 9.90 Å². The first kappa shape index (κ1) is 15.3. The Morgan fingerprint density at radius 3 is 3.00 bits per heavy atom. The van der Waals surface area contributed by atoms with E-state index in [-0.39, 0.29) is 17.9 Å². The molecular formula is C15H22N2O2S. The quantitative estimate of drug-likeness (QED) is 0.790. The molecule has 0 spiro atoms. The third-order valence-electron chi connectivity index (χ3n) is 3.65. The van der Waals surface area contributed by atoms with Crippen LogP contribution in [-0.4, -0.2) is 34.4 Å². The monoisotopic (exact) mass is 294 g/mol. The van der Waals surface area contributed by atoms with Crippen molar-refractivity contribution in [2.75, 3.05) is 12.3 Å². The van der Waals surface area contributed by atoms with E-state index in [4.69, 9.17) is 0 Å². The molecule has 2 rings (SSSR count). The number of hydrogen-bond donors (Lipinski definition) is 2. The fraction of sp³-hybridized carbons (Fsp3) is 0.600. The second-order valence-electron chi connectivity index (χ2n) is 5.18. The number of carbonyl (C=O) groups excluding carboxylic acids is 1. The van der Waals surface area contributed by atoms with E-state index >= 15 is 0 Å². The average molecular weight is 294 g/mol. The molecular weight excluding hydrogens is 272 g/mol. The molecule has 1 aliphatic rings. The van der Waals surface area contributed by atoms with Gasteiger partial charge in [-0.3, -0.25) is 4.79 Å². The molecule has 0 bridgehead atoms. The van der Waals surface area contributed by atoms with Gasteiger partial charge in [-0.25, -0.2) is 4.98 Å². The van der Waals surface area contributed by atoms with Crippen molar-refractivity contribution in [3.05, 3.63) is 24.4 Å². The van der Waals surface area contributed by atoms with Crippen LogP contribution in [-0.2, 0) is 4.79 Å². The molecule has 1 aromatic heterocycles. The summed E-state index contributed by atoms with van der Waals surface area (Å²) >= 11 is 1.59. The van der Waals surface area contributed by atoms with E-state index in [1.54, 1.807) is 18.0 Å². The van der Waals surface area contributed by atoms with Crippen LogP contribution >= 0.6 is 11.8 Å². The summed E-state index contributed by atoms with van der Waals surface area (Å²) in [6, 6.07) is 5.77. The molecule has 2 atom stereocenters. The van der Waals surface area contributed by atoms with Crippen LogP contribution in [0, 0.1) is 5.92 Å². The number of aromatic nitrogens is 1. The third kappa shape index (κ3) is 5.13. The SMILES string of the molecule is O=C(CCSc1ccccn1)NCC1CCCCC1O. The summed E-state index contributed by atoms with van der Waals surface area (Å²) in [5, 5.41) is 13.7. The number of nitrogens with zero attached hydrogens (tertiary/aromatic N) is 1. The molecule has 0 aliphatic heterocycles. The zero-order valence-corrected chi connectivity index (χ0v) is 12.4. The number of carbonyl (C=O) groups is 1. The van der Waals surface area contributed by atoms with E-state index in [0.29, 0.717) is 13.0 Å². The van der Waals surface area contributed by atoms with Gasteiger partial charge in [-0.2, -0.15) is 0 Å². The molecule has 2 N–H and O–H groups in total. The maximum Gasteiger partial charge on any atom is 0.220 e. The van der Waals surface area contributed by atoms with E-state index in [0.717, 1.165) is 36.5 Å². The van der Waals surface area contributed by atoms with Gasteiger partial charge in [0.15, 0.2) is 0 Å². The molecule has 4 nitrogen and oxygen atoms in total. The Kier molecular flexibility index (Phi) is 6.33. The predicted octanol–water partition coefficient (Wildman–Crippen LogP) is 2.23. The molecule has 0 radical (unpaired) electrons. The number of amides is 1. The van der Waals surface area contributed by atoms with E-state index in [1.807, 2.05) is 18.2 Å². The van der Waals surface area contributed by atoms with Gasteiger partial charge in [0.05, 0.1) is 11.1 Å². The van der Waals surface area contributed by atoms with Crippen molar-refractivity contribution >= 4 is 17.7 Å². The average Bonchev–Trinajstić information content (AvgIpc) is 2.47. The number of nitrogens with one attached hydrogen (secondary N) is 1. The topological polar surface area (TPSA) is 62.2 Å². The van der Waals surface area contributed by atoms with Gasteiger partial charge in [0.2, 0.25) is 5.91 Å². The molecule has 20 heavy (non-hydrogen) atoms. The summed E-state index contributed by atoms with van der Waals surface area (Å²) in [7, 11) is 0. The maximum absolute atomic E-state index is 11.8. The first-order valence-corrected chi connectivity index (χ1v) is 8.23. The molecule has 5 heteroatoms. The Bertz CT molecular complexity index is 414. The third-order valence-corrected chi connectivity index (χ3v) is 4.59. The van der Waals surface area contributed by atoms with E-state index in [2.05, 4.69) is 10.3 Å². The minimum Gasteiger partial charge on any atom is -0.393 e. The highest BCUT2D eigenvalue weighted by Crippen LogP contribution is 2.23. The Hall–Kier alpha value is -1.07. The second-order valence-corrected chi connectivity index (χ2v) is 6.30. The predicted molar refractivity (Wildman–Crippen MR) is 80.6 cm³/mol. The minimum atomic E-state index is -0.244. The summed E-state index contributed by atoms with van der Waals surface area (Å²) in [5.74, 6) is 1.03. The number of rotatable bonds is 6. The van der Waals surface area contributed by atoms with Gasteiger partial charge in [0, 0.05) is 30.8 Å². The number of thioether (sulfide) groups is 1. The van der Waals surface area contributed by atoms with Crippen LogP contribution in [0.3, 0.4) is 0 Å². The number of pyridine rings is 1. The summed E-state index contributed by atoms with van der Waals surface area (Å²) in [4.78, 5) is 16.0. The molecule has 0 saturated heterocycles. The smallest absolute Gasteiger partial charge is 0.220 e. The second kappa shape index (κ2) is 8.27. The van der Waals surface area contributed by atoms with Gasteiger partial charge in [-0.15, -0.1) is 11.8 Å². The fourth-order valence-corrected chi connectivity index (χ4v) is 3.25. The van der Waals surface area contributed by atoms with Crippen molar-refractivity contribution in [3.63, 3.8) is 0 Å². The van der Waals surface area contributed by atoms with Gasteiger partial charge in [-0.1, -0.05) is 18.9 Å². The van der Waals surface area contributed by atoms with Crippen molar-refractivity contribution in [2.24, 2.45) is 5.92 Å². The highest BCUT2D eigenvalue weighted by atomic mass is 32.2. The lowest BCUT2D eigenvalue weighted by atomic mass is 9.86. The molecule has 0 aromatic carbocycles. The zero-order valence-electron chi connectivity index (χ0n) is 11.6. The van der Waals surface area contributed by atoms with Gasteiger partial charge in [0.1, 0.15) is 0 Å². The van der Waals surface area contributed by atoms with Crippen LogP contribution in [0.5, 0.6) is 0 Å². The van der Waals surface area contributed by atoms with Crippen molar-refractivity contribution in [2.45, 2.75) is 43.2 Å². The number of hydrogen-bond acceptors (Lipinski definition) is 4. The summed E-state index contributed by atoms with van der Waals surface area (Å²) < 4.78 is 0. The minimum absolute atomic E-state index is 0.0613. The normalized spacial score (nSPS) is 22.4. The molecule has 1 aromatic rings. The van der Waals surface area contributed by atoms with Crippen LogP contribution in [0.2, 0.25) is 0 Å². The van der Waals surface area contributed by atoms with Crippen molar-refractivity contribution in [3.8, 4) is 0 Å². The summed E-state index contributed by atoms with van der Waals surface area (Å²) in [6.07, 6.45) is 6.16. The lowest BCUT2D eigenvalue weighted by molar-refractivity contribution is -0.121.